The molecule has 0 saturated carbocycles. The van der Waals surface area contributed by atoms with Crippen molar-refractivity contribution in [2.45, 2.75) is 39.5 Å². The fraction of sp³-hybridized carbons (Fsp3) is 0.429. The molecule has 0 aliphatic carbocycles. The fourth-order valence-electron chi connectivity index (χ4n) is 3.24. The number of nitrogens with one attached hydrogen (secondary N) is 1. The molecule has 0 unspecified atom stereocenters. The average molecular weight is 337 g/mol. The summed E-state index contributed by atoms with van der Waals surface area (Å²) in [6, 6.07) is 12.0. The van der Waals surface area contributed by atoms with Crippen LogP contribution in [-0.2, 0) is 0 Å². The highest BCUT2D eigenvalue weighted by Gasteiger charge is 2.22. The Morgan fingerprint density at radius 1 is 1.16 bits per heavy atom. The van der Waals surface area contributed by atoms with Gasteiger partial charge < -0.3 is 10.2 Å². The van der Waals surface area contributed by atoms with Crippen molar-refractivity contribution in [2.75, 3.05) is 18.4 Å². The summed E-state index contributed by atoms with van der Waals surface area (Å²) in [5.41, 5.74) is 3.78. The third-order valence-corrected chi connectivity index (χ3v) is 4.92. The molecule has 1 saturated heterocycles. The van der Waals surface area contributed by atoms with Gasteiger partial charge in [-0.3, -0.25) is 4.79 Å². The van der Waals surface area contributed by atoms with Crippen LogP contribution in [0.1, 0.15) is 55.6 Å². The van der Waals surface area contributed by atoms with Crippen molar-refractivity contribution in [3.63, 3.8) is 0 Å². The van der Waals surface area contributed by atoms with Gasteiger partial charge in [-0.25, -0.2) is 4.98 Å². The van der Waals surface area contributed by atoms with E-state index >= 15 is 0 Å². The van der Waals surface area contributed by atoms with Gasteiger partial charge in [0.2, 0.25) is 0 Å². The molecule has 0 radical (unpaired) electrons. The highest BCUT2D eigenvalue weighted by Crippen LogP contribution is 2.26. The molecule has 132 valence electrons. The molecule has 1 aliphatic heterocycles. The second-order valence-electron chi connectivity index (χ2n) is 7.27. The molecule has 3 rings (SSSR count). The number of hydrogen-bond donors (Lipinski definition) is 1. The van der Waals surface area contributed by atoms with Crippen molar-refractivity contribution < 1.29 is 4.79 Å². The molecule has 1 aromatic carbocycles. The zero-order valence-electron chi connectivity index (χ0n) is 15.3. The highest BCUT2D eigenvalue weighted by molar-refractivity contribution is 5.92. The maximum absolute atomic E-state index is 12.6. The summed E-state index contributed by atoms with van der Waals surface area (Å²) in [5, 5.41) is 3.42. The molecule has 1 fully saturated rings. The number of anilines is 2. The maximum atomic E-state index is 12.6. The van der Waals surface area contributed by atoms with Gasteiger partial charge in [-0.15, -0.1) is 0 Å². The van der Waals surface area contributed by atoms with Crippen molar-refractivity contribution in [3.8, 4) is 0 Å². The Kier molecular flexibility index (Phi) is 5.37. The first-order chi connectivity index (χ1) is 12.0. The van der Waals surface area contributed by atoms with Crippen LogP contribution in [0.2, 0.25) is 0 Å². The van der Waals surface area contributed by atoms with Crippen LogP contribution in [0.3, 0.4) is 0 Å². The number of amides is 1. The van der Waals surface area contributed by atoms with E-state index in [1.165, 1.54) is 5.56 Å². The van der Waals surface area contributed by atoms with E-state index in [1.54, 1.807) is 6.20 Å². The van der Waals surface area contributed by atoms with Crippen LogP contribution in [0, 0.1) is 5.92 Å². The Balaban J connectivity index is 1.69. The second-order valence-corrected chi connectivity index (χ2v) is 7.27. The lowest BCUT2D eigenvalue weighted by Crippen LogP contribution is -2.38. The van der Waals surface area contributed by atoms with Gasteiger partial charge in [0, 0.05) is 18.8 Å². The van der Waals surface area contributed by atoms with Crippen LogP contribution in [0.15, 0.2) is 42.6 Å². The van der Waals surface area contributed by atoms with Gasteiger partial charge in [-0.05, 0) is 48.4 Å². The second kappa shape index (κ2) is 7.68. The normalized spacial score (nSPS) is 15.4. The minimum Gasteiger partial charge on any atom is -0.354 e. The number of carbonyl (C=O) groups excluding carboxylic acids is 1. The number of pyridine rings is 1. The molecule has 1 amide bonds. The predicted octanol–water partition coefficient (Wildman–Crippen LogP) is 4.82. The summed E-state index contributed by atoms with van der Waals surface area (Å²) >= 11 is 0. The van der Waals surface area contributed by atoms with Gasteiger partial charge in [-0.1, -0.05) is 39.0 Å². The van der Waals surface area contributed by atoms with Crippen molar-refractivity contribution in [3.05, 3.63) is 53.9 Å². The zero-order valence-corrected chi connectivity index (χ0v) is 15.3. The molecule has 0 spiro atoms. The average Bonchev–Trinajstić information content (AvgIpc) is 2.63. The van der Waals surface area contributed by atoms with Crippen molar-refractivity contribution >= 4 is 17.3 Å². The number of carbonyl (C=O) groups is 1. The third-order valence-electron chi connectivity index (χ3n) is 4.92. The Hall–Kier alpha value is -2.36. The van der Waals surface area contributed by atoms with Crippen LogP contribution in [-0.4, -0.2) is 28.9 Å². The molecule has 4 heteroatoms. The number of likely N-dealkylation sites (tertiary alicyclic amines) is 1. The van der Waals surface area contributed by atoms with Crippen LogP contribution in [0.4, 0.5) is 11.4 Å². The first-order valence-corrected chi connectivity index (χ1v) is 9.16. The van der Waals surface area contributed by atoms with E-state index in [0.717, 1.165) is 37.3 Å². The van der Waals surface area contributed by atoms with Crippen molar-refractivity contribution in [2.24, 2.45) is 5.92 Å². The van der Waals surface area contributed by atoms with Crippen LogP contribution in [0.5, 0.6) is 0 Å². The molecule has 1 aromatic heterocycles. The van der Waals surface area contributed by atoms with E-state index in [2.05, 4.69) is 49.3 Å². The highest BCUT2D eigenvalue weighted by atomic mass is 16.2. The summed E-state index contributed by atoms with van der Waals surface area (Å²) in [7, 11) is 0. The van der Waals surface area contributed by atoms with Crippen molar-refractivity contribution in [1.82, 2.24) is 9.88 Å². The largest absolute Gasteiger partial charge is 0.354 e. The van der Waals surface area contributed by atoms with E-state index in [-0.39, 0.29) is 5.91 Å². The number of piperidine rings is 1. The maximum Gasteiger partial charge on any atom is 0.272 e. The minimum absolute atomic E-state index is 0.0426. The number of hydrogen-bond acceptors (Lipinski definition) is 3. The van der Waals surface area contributed by atoms with E-state index in [9.17, 15) is 4.79 Å². The summed E-state index contributed by atoms with van der Waals surface area (Å²) in [6.45, 7) is 8.28. The van der Waals surface area contributed by atoms with Gasteiger partial charge in [0.25, 0.3) is 5.91 Å². The van der Waals surface area contributed by atoms with Gasteiger partial charge in [0.05, 0.1) is 11.9 Å². The summed E-state index contributed by atoms with van der Waals surface area (Å²) < 4.78 is 0. The van der Waals surface area contributed by atoms with E-state index in [4.69, 9.17) is 0 Å². The molecule has 1 N–H and O–H groups in total. The number of benzene rings is 1. The topological polar surface area (TPSA) is 45.2 Å². The Bertz CT molecular complexity index is 716. The fourth-order valence-corrected chi connectivity index (χ4v) is 3.24. The van der Waals surface area contributed by atoms with E-state index in [0.29, 0.717) is 17.5 Å². The van der Waals surface area contributed by atoms with Crippen LogP contribution in [0.25, 0.3) is 0 Å². The van der Waals surface area contributed by atoms with Gasteiger partial charge >= 0.3 is 0 Å². The minimum atomic E-state index is 0.0426. The molecule has 25 heavy (non-hydrogen) atoms. The summed E-state index contributed by atoms with van der Waals surface area (Å²) in [4.78, 5) is 18.9. The van der Waals surface area contributed by atoms with E-state index in [1.807, 2.05) is 23.1 Å². The Labute approximate surface area is 150 Å². The van der Waals surface area contributed by atoms with Crippen LogP contribution < -0.4 is 5.32 Å². The Morgan fingerprint density at radius 3 is 2.52 bits per heavy atom. The Morgan fingerprint density at radius 2 is 1.88 bits per heavy atom. The monoisotopic (exact) mass is 337 g/mol. The van der Waals surface area contributed by atoms with E-state index < -0.39 is 0 Å². The molecule has 4 nitrogen and oxygen atoms in total. The quantitative estimate of drug-likeness (QED) is 0.870. The SMILES string of the molecule is CC1CCN(C(=O)c2ccc(Nc3ccccc3C(C)C)cn2)CC1. The molecule has 2 aromatic rings. The van der Waals surface area contributed by atoms with Gasteiger partial charge in [0.15, 0.2) is 0 Å². The number of rotatable bonds is 4. The number of aromatic nitrogens is 1. The molecule has 2 heterocycles. The smallest absolute Gasteiger partial charge is 0.272 e. The van der Waals surface area contributed by atoms with Crippen LogP contribution >= 0.6 is 0 Å². The van der Waals surface area contributed by atoms with Gasteiger partial charge in [-0.2, -0.15) is 0 Å². The first-order valence-electron chi connectivity index (χ1n) is 9.16. The number of para-hydroxylation sites is 1. The predicted molar refractivity (Wildman–Crippen MR) is 102 cm³/mol. The van der Waals surface area contributed by atoms with Gasteiger partial charge in [0.1, 0.15) is 5.69 Å². The lowest BCUT2D eigenvalue weighted by atomic mass is 9.99. The molecular formula is C21H27N3O. The van der Waals surface area contributed by atoms with Crippen molar-refractivity contribution in [1.29, 1.82) is 0 Å². The standard InChI is InChI=1S/C21H27N3O/c1-15(2)18-6-4-5-7-19(18)23-17-8-9-20(22-14-17)21(25)24-12-10-16(3)11-13-24/h4-9,14-16,23H,10-13H2,1-3H3. The first kappa shape index (κ1) is 17.5. The third kappa shape index (κ3) is 4.19. The number of nitrogens with zero attached hydrogens (tertiary/aromatic N) is 2. The summed E-state index contributed by atoms with van der Waals surface area (Å²) in [6.07, 6.45) is 3.91. The molecular weight excluding hydrogens is 310 g/mol. The zero-order chi connectivity index (χ0) is 17.8. The molecule has 0 bridgehead atoms. The lowest BCUT2D eigenvalue weighted by molar-refractivity contribution is 0.0691. The summed E-state index contributed by atoms with van der Waals surface area (Å²) in [5.74, 6) is 1.20. The molecule has 1 aliphatic rings. The lowest BCUT2D eigenvalue weighted by Gasteiger charge is -2.30. The molecule has 0 atom stereocenters.